The Hall–Kier alpha value is -0.650. The summed E-state index contributed by atoms with van der Waals surface area (Å²) in [4.78, 5) is 0. The lowest BCUT2D eigenvalue weighted by molar-refractivity contribution is 0.167. The van der Waals surface area contributed by atoms with Gasteiger partial charge in [0.2, 0.25) is 0 Å². The highest BCUT2D eigenvalue weighted by Crippen LogP contribution is 2.16. The van der Waals surface area contributed by atoms with Crippen molar-refractivity contribution in [1.29, 1.82) is 0 Å². The number of hydrogen-bond acceptors (Lipinski definition) is 5. The van der Waals surface area contributed by atoms with Crippen LogP contribution in [0, 0.1) is 0 Å². The lowest BCUT2D eigenvalue weighted by atomic mass is 10.4. The molecule has 0 radical (unpaired) electrons. The normalized spacial score (nSPS) is 10.1. The molecule has 6 heteroatoms. The maximum Gasteiger partial charge on any atom is 0.186 e. The smallest absolute Gasteiger partial charge is 0.186 e. The van der Waals surface area contributed by atoms with E-state index in [-0.39, 0.29) is 0 Å². The largest absolute Gasteiger partial charge is 0.375 e. The van der Waals surface area contributed by atoms with Crippen molar-refractivity contribution in [3.63, 3.8) is 0 Å². The highest BCUT2D eigenvalue weighted by molar-refractivity contribution is 6.99. The summed E-state index contributed by atoms with van der Waals surface area (Å²) in [6.07, 6.45) is 0. The van der Waals surface area contributed by atoms with Crippen LogP contribution in [0.5, 0.6) is 0 Å². The molecule has 0 unspecified atom stereocenters. The van der Waals surface area contributed by atoms with Crippen LogP contribution in [0.3, 0.4) is 0 Å². The van der Waals surface area contributed by atoms with Crippen LogP contribution < -0.4 is 5.32 Å². The second-order valence-corrected chi connectivity index (χ2v) is 3.73. The van der Waals surface area contributed by atoms with Crippen molar-refractivity contribution in [2.45, 2.75) is 6.92 Å². The summed E-state index contributed by atoms with van der Waals surface area (Å²) in [6.45, 7) is 7.51. The monoisotopic (exact) mass is 233 g/mol. The summed E-state index contributed by atoms with van der Waals surface area (Å²) in [5.41, 5.74) is 1.01. The molecule has 0 atom stereocenters. The summed E-state index contributed by atoms with van der Waals surface area (Å²) in [7, 11) is 0. The number of anilines is 1. The summed E-state index contributed by atoms with van der Waals surface area (Å²) in [5, 5.41) is 3.43. The molecule has 1 rings (SSSR count). The maximum atomic E-state index is 5.72. The van der Waals surface area contributed by atoms with Gasteiger partial charge in [0.05, 0.1) is 24.9 Å². The molecule has 1 aromatic heterocycles. The van der Waals surface area contributed by atoms with Gasteiger partial charge in [0.15, 0.2) is 11.0 Å². The molecule has 1 N–H and O–H groups in total. The third-order valence-corrected chi connectivity index (χ3v) is 2.23. The summed E-state index contributed by atoms with van der Waals surface area (Å²) in [6, 6.07) is 0. The first kappa shape index (κ1) is 11.4. The van der Waals surface area contributed by atoms with Crippen LogP contribution in [0.1, 0.15) is 6.92 Å². The second-order valence-electron chi connectivity index (χ2n) is 2.84. The Labute approximate surface area is 92.3 Å². The number of ether oxygens (including phenoxy) is 1. The fraction of sp³-hybridized carbons (Fsp3) is 0.500. The predicted octanol–water partition coefficient (Wildman–Crippen LogP) is 2.20. The molecular formula is C8H12ClN3OS. The zero-order valence-electron chi connectivity index (χ0n) is 7.92. The van der Waals surface area contributed by atoms with E-state index in [2.05, 4.69) is 20.6 Å². The highest BCUT2D eigenvalue weighted by Gasteiger charge is 2.02. The van der Waals surface area contributed by atoms with Crippen molar-refractivity contribution in [2.75, 3.05) is 25.1 Å². The topological polar surface area (TPSA) is 47.0 Å². The molecule has 0 aromatic carbocycles. The lowest BCUT2D eigenvalue weighted by Crippen LogP contribution is -2.10. The first-order chi connectivity index (χ1) is 6.70. The molecule has 0 aliphatic heterocycles. The van der Waals surface area contributed by atoms with Crippen LogP contribution >= 0.6 is 23.3 Å². The van der Waals surface area contributed by atoms with Crippen molar-refractivity contribution in [3.8, 4) is 0 Å². The number of halogens is 1. The average molecular weight is 234 g/mol. The zero-order valence-corrected chi connectivity index (χ0v) is 9.49. The van der Waals surface area contributed by atoms with Gasteiger partial charge in [-0.25, -0.2) is 0 Å². The van der Waals surface area contributed by atoms with E-state index in [0.717, 1.165) is 17.3 Å². The summed E-state index contributed by atoms with van der Waals surface area (Å²) >= 11 is 6.81. The van der Waals surface area contributed by atoms with E-state index in [1.807, 2.05) is 6.92 Å². The molecule has 14 heavy (non-hydrogen) atoms. The number of nitrogens with zero attached hydrogens (tertiary/aromatic N) is 2. The molecule has 1 heterocycles. The quantitative estimate of drug-likeness (QED) is 0.605. The van der Waals surface area contributed by atoms with Crippen molar-refractivity contribution in [1.82, 2.24) is 8.75 Å². The molecule has 0 aliphatic carbocycles. The Bertz CT molecular complexity index is 303. The zero-order chi connectivity index (χ0) is 10.4. The molecule has 4 nitrogen and oxygen atoms in total. The van der Waals surface area contributed by atoms with Gasteiger partial charge in [-0.2, -0.15) is 8.75 Å². The fourth-order valence-corrected chi connectivity index (χ4v) is 1.45. The van der Waals surface area contributed by atoms with Crippen LogP contribution in [0.2, 0.25) is 5.15 Å². The van der Waals surface area contributed by atoms with Gasteiger partial charge < -0.3 is 10.1 Å². The van der Waals surface area contributed by atoms with Crippen LogP contribution in [0.25, 0.3) is 0 Å². The number of nitrogens with one attached hydrogen (secondary N) is 1. The molecule has 1 aromatic rings. The van der Waals surface area contributed by atoms with Gasteiger partial charge in [0, 0.05) is 6.54 Å². The lowest BCUT2D eigenvalue weighted by Gasteiger charge is -2.04. The van der Waals surface area contributed by atoms with E-state index in [1.165, 1.54) is 0 Å². The van der Waals surface area contributed by atoms with E-state index < -0.39 is 0 Å². The van der Waals surface area contributed by atoms with Crippen LogP contribution in [-0.4, -0.2) is 28.5 Å². The van der Waals surface area contributed by atoms with Gasteiger partial charge in [-0.15, -0.1) is 0 Å². The van der Waals surface area contributed by atoms with Crippen molar-refractivity contribution >= 4 is 29.1 Å². The minimum absolute atomic E-state index is 0.412. The fourth-order valence-electron chi connectivity index (χ4n) is 0.771. The predicted molar refractivity (Wildman–Crippen MR) is 59.0 cm³/mol. The molecular weight excluding hydrogens is 222 g/mol. The summed E-state index contributed by atoms with van der Waals surface area (Å²) < 4.78 is 13.1. The van der Waals surface area contributed by atoms with Gasteiger partial charge in [0.25, 0.3) is 0 Å². The Balaban J connectivity index is 2.10. The van der Waals surface area contributed by atoms with Crippen LogP contribution in [0.15, 0.2) is 12.2 Å². The van der Waals surface area contributed by atoms with E-state index in [1.54, 1.807) is 0 Å². The summed E-state index contributed by atoms with van der Waals surface area (Å²) in [5.74, 6) is 0.621. The molecule has 0 saturated heterocycles. The average Bonchev–Trinajstić information content (AvgIpc) is 2.51. The van der Waals surface area contributed by atoms with Gasteiger partial charge in [-0.1, -0.05) is 23.8 Å². The van der Waals surface area contributed by atoms with Gasteiger partial charge >= 0.3 is 0 Å². The molecule has 0 amide bonds. The van der Waals surface area contributed by atoms with Gasteiger partial charge in [-0.05, 0) is 6.92 Å². The molecule has 0 spiro atoms. The van der Waals surface area contributed by atoms with Gasteiger partial charge in [0.1, 0.15) is 0 Å². The van der Waals surface area contributed by atoms with Crippen molar-refractivity contribution in [3.05, 3.63) is 17.3 Å². The molecule has 78 valence electrons. The third kappa shape index (κ3) is 4.04. The Kier molecular flexibility index (Phi) is 4.86. The Morgan fingerprint density at radius 2 is 2.43 bits per heavy atom. The molecule has 0 bridgehead atoms. The third-order valence-electron chi connectivity index (χ3n) is 1.34. The number of hydrogen-bond donors (Lipinski definition) is 1. The second kappa shape index (κ2) is 5.95. The minimum atomic E-state index is 0.412. The minimum Gasteiger partial charge on any atom is -0.375 e. The SMILES string of the molecule is C=C(C)COCCNc1nsnc1Cl. The molecule has 0 saturated carbocycles. The van der Waals surface area contributed by atoms with Crippen LogP contribution in [-0.2, 0) is 4.74 Å². The molecule has 0 fully saturated rings. The first-order valence-corrected chi connectivity index (χ1v) is 5.25. The number of rotatable bonds is 6. The Morgan fingerprint density at radius 1 is 1.64 bits per heavy atom. The van der Waals surface area contributed by atoms with Gasteiger partial charge in [-0.3, -0.25) is 0 Å². The Morgan fingerprint density at radius 3 is 3.00 bits per heavy atom. The van der Waals surface area contributed by atoms with Crippen molar-refractivity contribution in [2.24, 2.45) is 0 Å². The first-order valence-electron chi connectivity index (χ1n) is 4.14. The highest BCUT2D eigenvalue weighted by atomic mass is 35.5. The van der Waals surface area contributed by atoms with E-state index >= 15 is 0 Å². The number of aromatic nitrogens is 2. The van der Waals surface area contributed by atoms with Crippen molar-refractivity contribution < 1.29 is 4.74 Å². The van der Waals surface area contributed by atoms with Crippen LogP contribution in [0.4, 0.5) is 5.82 Å². The van der Waals surface area contributed by atoms with E-state index in [4.69, 9.17) is 16.3 Å². The maximum absolute atomic E-state index is 5.72. The van der Waals surface area contributed by atoms with E-state index in [0.29, 0.717) is 30.7 Å². The van der Waals surface area contributed by atoms with E-state index in [9.17, 15) is 0 Å². The standard InChI is InChI=1S/C8H12ClN3OS/c1-6(2)5-13-4-3-10-8-7(9)11-14-12-8/h1,3-5H2,2H3,(H,10,12). The molecule has 0 aliphatic rings.